The van der Waals surface area contributed by atoms with E-state index in [-0.39, 0.29) is 12.1 Å². The zero-order valence-electron chi connectivity index (χ0n) is 9.94. The van der Waals surface area contributed by atoms with Gasteiger partial charge in [-0.2, -0.15) is 4.31 Å². The summed E-state index contributed by atoms with van der Waals surface area (Å²) in [5.74, 6) is 0. The topological polar surface area (TPSA) is 37.1 Å². The van der Waals surface area contributed by atoms with Crippen LogP contribution in [0, 0.1) is 0 Å². The molecule has 1 aromatic carbocycles. The van der Waals surface area contributed by atoms with Gasteiger partial charge in [0.1, 0.15) is 0 Å². The summed E-state index contributed by atoms with van der Waals surface area (Å²) in [4.78, 5) is 0.393. The maximum Gasteiger partial charge on any atom is 0.243 e. The first-order valence-corrected chi connectivity index (χ1v) is 7.55. The third-order valence-electron chi connectivity index (χ3n) is 3.47. The summed E-state index contributed by atoms with van der Waals surface area (Å²) < 4.78 is 26.6. The highest BCUT2D eigenvalue weighted by Gasteiger charge is 2.53. The zero-order valence-corrected chi connectivity index (χ0v) is 10.8. The first-order chi connectivity index (χ1) is 8.71. The molecule has 0 spiro atoms. The van der Waals surface area contributed by atoms with Crippen molar-refractivity contribution in [2.24, 2.45) is 0 Å². The molecule has 3 rings (SSSR count). The van der Waals surface area contributed by atoms with E-state index in [0.717, 1.165) is 12.8 Å². The minimum absolute atomic E-state index is 0.136. The van der Waals surface area contributed by atoms with Gasteiger partial charge in [0.2, 0.25) is 10.0 Å². The molecule has 1 fully saturated rings. The number of hydrogen-bond donors (Lipinski definition) is 0. The predicted octanol–water partition coefficient (Wildman–Crippen LogP) is 2.33. The molecule has 0 saturated carbocycles. The van der Waals surface area contributed by atoms with Crippen molar-refractivity contribution in [3.05, 3.63) is 54.6 Å². The Kier molecular flexibility index (Phi) is 2.84. The lowest BCUT2D eigenvalue weighted by Crippen LogP contribution is -2.15. The van der Waals surface area contributed by atoms with Gasteiger partial charge in [0, 0.05) is 12.1 Å². The van der Waals surface area contributed by atoms with Crippen LogP contribution in [-0.2, 0) is 10.0 Å². The number of hydrogen-bond acceptors (Lipinski definition) is 2. The number of rotatable bonds is 2. The van der Waals surface area contributed by atoms with Gasteiger partial charge < -0.3 is 0 Å². The van der Waals surface area contributed by atoms with E-state index in [1.807, 2.05) is 30.4 Å². The van der Waals surface area contributed by atoms with Crippen molar-refractivity contribution < 1.29 is 8.42 Å². The van der Waals surface area contributed by atoms with Crippen LogP contribution in [0.4, 0.5) is 0 Å². The van der Waals surface area contributed by atoms with E-state index >= 15 is 0 Å². The van der Waals surface area contributed by atoms with Gasteiger partial charge >= 0.3 is 0 Å². The zero-order chi connectivity index (χ0) is 12.6. The number of sulfonamides is 1. The van der Waals surface area contributed by atoms with E-state index in [9.17, 15) is 8.42 Å². The molecule has 4 heteroatoms. The molecule has 1 aromatic rings. The molecule has 3 nitrogen and oxygen atoms in total. The fourth-order valence-corrected chi connectivity index (χ4v) is 4.35. The van der Waals surface area contributed by atoms with Gasteiger partial charge in [0.15, 0.2) is 0 Å². The van der Waals surface area contributed by atoms with Gasteiger partial charge in [-0.25, -0.2) is 8.42 Å². The standard InChI is InChI=1S/C14H15NO2S/c16-18(17,12-8-4-3-5-9-12)15-13-10-6-1-2-7-11-14(13)15/h1-9,13-14H,10-11H2/t13-,14+,15?. The lowest BCUT2D eigenvalue weighted by Gasteiger charge is -2.05. The fourth-order valence-electron chi connectivity index (χ4n) is 2.50. The Hall–Kier alpha value is -1.39. The van der Waals surface area contributed by atoms with Crippen molar-refractivity contribution in [1.29, 1.82) is 0 Å². The van der Waals surface area contributed by atoms with E-state index in [1.54, 1.807) is 28.6 Å². The Bertz CT molecular complexity index is 569. The smallest absolute Gasteiger partial charge is 0.207 e. The van der Waals surface area contributed by atoms with Crippen LogP contribution in [0.5, 0.6) is 0 Å². The highest BCUT2D eigenvalue weighted by Crippen LogP contribution is 2.40. The third kappa shape index (κ3) is 1.91. The Balaban J connectivity index is 1.89. The van der Waals surface area contributed by atoms with Crippen LogP contribution >= 0.6 is 0 Å². The molecule has 1 aliphatic heterocycles. The molecule has 1 saturated heterocycles. The first kappa shape index (κ1) is 11.7. The number of benzene rings is 1. The van der Waals surface area contributed by atoms with E-state index in [4.69, 9.17) is 0 Å². The van der Waals surface area contributed by atoms with Gasteiger partial charge in [0.05, 0.1) is 4.90 Å². The van der Waals surface area contributed by atoms with Crippen LogP contribution in [0.25, 0.3) is 0 Å². The van der Waals surface area contributed by atoms with E-state index in [2.05, 4.69) is 0 Å². The SMILES string of the molecule is O=S(=O)(c1ccccc1)N1[C@@H]2CC=CC=CC[C@@H]21. The average Bonchev–Trinajstić information content (AvgIpc) is 3.03. The van der Waals surface area contributed by atoms with Gasteiger partial charge in [0.25, 0.3) is 0 Å². The highest BCUT2D eigenvalue weighted by atomic mass is 32.2. The molecule has 0 amide bonds. The fraction of sp³-hybridized carbons (Fsp3) is 0.286. The van der Waals surface area contributed by atoms with E-state index in [1.165, 1.54) is 0 Å². The van der Waals surface area contributed by atoms with Crippen molar-refractivity contribution in [2.75, 3.05) is 0 Å². The Morgan fingerprint density at radius 1 is 0.944 bits per heavy atom. The molecular weight excluding hydrogens is 246 g/mol. The monoisotopic (exact) mass is 261 g/mol. The predicted molar refractivity (Wildman–Crippen MR) is 70.6 cm³/mol. The Labute approximate surface area is 107 Å². The van der Waals surface area contributed by atoms with Crippen LogP contribution in [0.1, 0.15) is 12.8 Å². The second-order valence-electron chi connectivity index (χ2n) is 4.61. The molecule has 1 heterocycles. The second-order valence-corrected chi connectivity index (χ2v) is 6.45. The lowest BCUT2D eigenvalue weighted by atomic mass is 10.1. The molecule has 1 aliphatic carbocycles. The van der Waals surface area contributed by atoms with Crippen LogP contribution in [0.2, 0.25) is 0 Å². The molecular formula is C14H15NO2S. The summed E-state index contributed by atoms with van der Waals surface area (Å²) in [5.41, 5.74) is 0. The highest BCUT2D eigenvalue weighted by molar-refractivity contribution is 7.89. The quantitative estimate of drug-likeness (QED) is 0.766. The largest absolute Gasteiger partial charge is 0.243 e. The minimum Gasteiger partial charge on any atom is -0.207 e. The van der Waals surface area contributed by atoms with Gasteiger partial charge in [-0.15, -0.1) is 0 Å². The van der Waals surface area contributed by atoms with Crippen LogP contribution in [-0.4, -0.2) is 24.8 Å². The normalized spacial score (nSPS) is 30.3. The molecule has 0 bridgehead atoms. The van der Waals surface area contributed by atoms with E-state index in [0.29, 0.717) is 4.90 Å². The van der Waals surface area contributed by atoms with Crippen LogP contribution in [0.15, 0.2) is 59.5 Å². The van der Waals surface area contributed by atoms with Crippen molar-refractivity contribution in [2.45, 2.75) is 29.8 Å². The molecule has 3 atom stereocenters. The summed E-state index contributed by atoms with van der Waals surface area (Å²) in [7, 11) is -3.32. The Morgan fingerprint density at radius 2 is 1.50 bits per heavy atom. The minimum atomic E-state index is -3.32. The van der Waals surface area contributed by atoms with Crippen molar-refractivity contribution in [3.63, 3.8) is 0 Å². The summed E-state index contributed by atoms with van der Waals surface area (Å²) in [6, 6.07) is 8.94. The van der Waals surface area contributed by atoms with Gasteiger partial charge in [-0.05, 0) is 25.0 Å². The molecule has 0 N–H and O–H groups in total. The van der Waals surface area contributed by atoms with Crippen molar-refractivity contribution in [3.8, 4) is 0 Å². The molecule has 18 heavy (non-hydrogen) atoms. The van der Waals surface area contributed by atoms with Crippen molar-refractivity contribution >= 4 is 10.0 Å². The number of fused-ring (bicyclic) bond motifs is 1. The molecule has 0 aromatic heterocycles. The molecule has 94 valence electrons. The molecule has 1 unspecified atom stereocenters. The lowest BCUT2D eigenvalue weighted by molar-refractivity contribution is 0.544. The van der Waals surface area contributed by atoms with Crippen LogP contribution < -0.4 is 0 Å². The Morgan fingerprint density at radius 3 is 2.06 bits per heavy atom. The first-order valence-electron chi connectivity index (χ1n) is 6.11. The summed E-state index contributed by atoms with van der Waals surface area (Å²) >= 11 is 0. The number of nitrogens with zero attached hydrogens (tertiary/aromatic N) is 1. The van der Waals surface area contributed by atoms with Gasteiger partial charge in [-0.1, -0.05) is 42.5 Å². The van der Waals surface area contributed by atoms with Gasteiger partial charge in [-0.3, -0.25) is 0 Å². The van der Waals surface area contributed by atoms with Crippen molar-refractivity contribution in [1.82, 2.24) is 4.31 Å². The second kappa shape index (κ2) is 4.37. The van der Waals surface area contributed by atoms with Crippen LogP contribution in [0.3, 0.4) is 0 Å². The maximum absolute atomic E-state index is 12.5. The average molecular weight is 261 g/mol. The van der Waals surface area contributed by atoms with E-state index < -0.39 is 10.0 Å². The maximum atomic E-state index is 12.5. The summed E-state index contributed by atoms with van der Waals surface area (Å²) in [6.45, 7) is 0. The molecule has 2 aliphatic rings. The summed E-state index contributed by atoms with van der Waals surface area (Å²) in [5, 5.41) is 0. The third-order valence-corrected chi connectivity index (χ3v) is 5.43. The number of allylic oxidation sites excluding steroid dienone is 2. The molecule has 0 radical (unpaired) electrons. The summed E-state index contributed by atoms with van der Waals surface area (Å²) in [6.07, 6.45) is 9.66.